The zero-order valence-electron chi connectivity index (χ0n) is 10.8. The lowest BCUT2D eigenvalue weighted by atomic mass is 10.1. The monoisotopic (exact) mass is 243 g/mol. The number of aryl methyl sites for hydroxylation is 1. The largest absolute Gasteiger partial charge is 0.491 e. The van der Waals surface area contributed by atoms with Crippen molar-refractivity contribution in [1.82, 2.24) is 4.98 Å². The van der Waals surface area contributed by atoms with Crippen LogP contribution in [0.25, 0.3) is 10.8 Å². The quantitative estimate of drug-likeness (QED) is 0.810. The summed E-state index contributed by atoms with van der Waals surface area (Å²) in [5.74, 6) is 1.66. The van der Waals surface area contributed by atoms with Crippen LogP contribution in [-0.4, -0.2) is 17.7 Å². The van der Waals surface area contributed by atoms with Crippen LogP contribution in [0.1, 0.15) is 26.0 Å². The van der Waals surface area contributed by atoms with Crippen molar-refractivity contribution in [3.8, 4) is 11.6 Å². The summed E-state index contributed by atoms with van der Waals surface area (Å²) in [6.45, 7) is 4.82. The van der Waals surface area contributed by atoms with Crippen LogP contribution in [0.15, 0.2) is 24.3 Å². The number of rotatable bonds is 2. The van der Waals surface area contributed by atoms with Crippen LogP contribution >= 0.6 is 0 Å². The normalized spacial score (nSPS) is 14.4. The number of fused-ring (bicyclic) bond motifs is 3. The molecule has 0 amide bonds. The van der Waals surface area contributed by atoms with Crippen LogP contribution in [0.5, 0.6) is 11.6 Å². The predicted molar refractivity (Wildman–Crippen MR) is 71.3 cm³/mol. The van der Waals surface area contributed by atoms with Gasteiger partial charge in [0.2, 0.25) is 5.88 Å². The fourth-order valence-corrected chi connectivity index (χ4v) is 2.31. The Kier molecular flexibility index (Phi) is 2.82. The third-order valence-electron chi connectivity index (χ3n) is 3.05. The molecule has 0 radical (unpaired) electrons. The van der Waals surface area contributed by atoms with Gasteiger partial charge in [0, 0.05) is 10.8 Å². The van der Waals surface area contributed by atoms with E-state index in [0.29, 0.717) is 0 Å². The highest BCUT2D eigenvalue weighted by Crippen LogP contribution is 2.36. The number of aromatic nitrogens is 1. The third-order valence-corrected chi connectivity index (χ3v) is 3.05. The van der Waals surface area contributed by atoms with E-state index in [1.165, 1.54) is 0 Å². The van der Waals surface area contributed by atoms with Gasteiger partial charge < -0.3 is 9.47 Å². The molecule has 0 fully saturated rings. The number of hydrogen-bond acceptors (Lipinski definition) is 3. The van der Waals surface area contributed by atoms with Crippen LogP contribution in [0.4, 0.5) is 0 Å². The van der Waals surface area contributed by atoms with E-state index in [-0.39, 0.29) is 6.10 Å². The lowest BCUT2D eigenvalue weighted by molar-refractivity contribution is 0.232. The summed E-state index contributed by atoms with van der Waals surface area (Å²) in [5, 5.41) is 2.14. The Bertz CT molecular complexity index is 578. The highest BCUT2D eigenvalue weighted by atomic mass is 16.5. The molecule has 1 aliphatic rings. The first kappa shape index (κ1) is 11.3. The Labute approximate surface area is 107 Å². The zero-order chi connectivity index (χ0) is 12.5. The first-order valence-corrected chi connectivity index (χ1v) is 6.47. The Morgan fingerprint density at radius 2 is 2.00 bits per heavy atom. The summed E-state index contributed by atoms with van der Waals surface area (Å²) in [4.78, 5) is 4.63. The molecule has 0 saturated carbocycles. The molecule has 18 heavy (non-hydrogen) atoms. The average molecular weight is 243 g/mol. The Morgan fingerprint density at radius 1 is 1.22 bits per heavy atom. The molecule has 3 nitrogen and oxygen atoms in total. The van der Waals surface area contributed by atoms with E-state index in [2.05, 4.69) is 11.1 Å². The minimum absolute atomic E-state index is 0.128. The van der Waals surface area contributed by atoms with E-state index in [9.17, 15) is 0 Å². The topological polar surface area (TPSA) is 31.4 Å². The second kappa shape index (κ2) is 4.48. The van der Waals surface area contributed by atoms with Crippen molar-refractivity contribution in [2.24, 2.45) is 0 Å². The second-order valence-corrected chi connectivity index (χ2v) is 4.86. The van der Waals surface area contributed by atoms with Crippen molar-refractivity contribution in [2.75, 3.05) is 6.61 Å². The van der Waals surface area contributed by atoms with E-state index in [1.807, 2.05) is 32.0 Å². The van der Waals surface area contributed by atoms with Gasteiger partial charge in [0.1, 0.15) is 5.75 Å². The lowest BCUT2D eigenvalue weighted by Crippen LogP contribution is -2.13. The fraction of sp³-hybridized carbons (Fsp3) is 0.400. The molecule has 94 valence electrons. The maximum absolute atomic E-state index is 5.83. The fourth-order valence-electron chi connectivity index (χ4n) is 2.31. The van der Waals surface area contributed by atoms with Gasteiger partial charge in [-0.25, -0.2) is 4.98 Å². The van der Waals surface area contributed by atoms with E-state index >= 15 is 0 Å². The van der Waals surface area contributed by atoms with Gasteiger partial charge in [-0.15, -0.1) is 0 Å². The molecule has 3 heteroatoms. The summed E-state index contributed by atoms with van der Waals surface area (Å²) in [7, 11) is 0. The van der Waals surface area contributed by atoms with E-state index < -0.39 is 0 Å². The lowest BCUT2D eigenvalue weighted by Gasteiger charge is -2.20. The van der Waals surface area contributed by atoms with Crippen molar-refractivity contribution in [2.45, 2.75) is 32.8 Å². The predicted octanol–water partition coefficient (Wildman–Crippen LogP) is 3.35. The molecule has 0 bridgehead atoms. The molecule has 0 atom stereocenters. The highest BCUT2D eigenvalue weighted by Gasteiger charge is 2.19. The molecule has 1 aromatic carbocycles. The number of nitrogens with zero attached hydrogens (tertiary/aromatic N) is 1. The first-order valence-electron chi connectivity index (χ1n) is 6.47. The van der Waals surface area contributed by atoms with Gasteiger partial charge >= 0.3 is 0 Å². The van der Waals surface area contributed by atoms with Crippen molar-refractivity contribution in [1.29, 1.82) is 0 Å². The molecule has 1 aromatic heterocycles. The molecule has 2 heterocycles. The summed E-state index contributed by atoms with van der Waals surface area (Å²) in [5.41, 5.74) is 1.02. The first-order chi connectivity index (χ1) is 8.75. The van der Waals surface area contributed by atoms with Gasteiger partial charge in [0.05, 0.1) is 18.4 Å². The second-order valence-electron chi connectivity index (χ2n) is 4.86. The molecule has 3 rings (SSSR count). The van der Waals surface area contributed by atoms with Crippen molar-refractivity contribution in [3.63, 3.8) is 0 Å². The van der Waals surface area contributed by atoms with Crippen molar-refractivity contribution < 1.29 is 9.47 Å². The number of ether oxygens (including phenoxy) is 2. The molecular formula is C15H17NO2. The standard InChI is InChI=1S/C15H17NO2/c1-10(2)18-15-12-7-4-3-6-11(12)14-13(16-15)8-5-9-17-14/h3-4,6-7,10H,5,8-9H2,1-2H3. The smallest absolute Gasteiger partial charge is 0.222 e. The summed E-state index contributed by atoms with van der Waals surface area (Å²) in [6.07, 6.45) is 2.12. The van der Waals surface area contributed by atoms with E-state index in [0.717, 1.165) is 47.5 Å². The Hall–Kier alpha value is -1.77. The molecular weight excluding hydrogens is 226 g/mol. The molecule has 0 aliphatic carbocycles. The summed E-state index contributed by atoms with van der Waals surface area (Å²) < 4.78 is 11.6. The summed E-state index contributed by atoms with van der Waals surface area (Å²) >= 11 is 0. The van der Waals surface area contributed by atoms with Gasteiger partial charge in [0.15, 0.2) is 0 Å². The molecule has 0 unspecified atom stereocenters. The minimum Gasteiger partial charge on any atom is -0.491 e. The maximum atomic E-state index is 5.83. The number of hydrogen-bond donors (Lipinski definition) is 0. The van der Waals surface area contributed by atoms with Gasteiger partial charge in [-0.1, -0.05) is 18.2 Å². The van der Waals surface area contributed by atoms with E-state index in [1.54, 1.807) is 0 Å². The van der Waals surface area contributed by atoms with Gasteiger partial charge in [-0.2, -0.15) is 0 Å². The summed E-state index contributed by atoms with van der Waals surface area (Å²) in [6, 6.07) is 8.15. The Balaban J connectivity index is 2.23. The minimum atomic E-state index is 0.128. The van der Waals surface area contributed by atoms with Crippen LogP contribution in [-0.2, 0) is 6.42 Å². The maximum Gasteiger partial charge on any atom is 0.222 e. The average Bonchev–Trinajstić information content (AvgIpc) is 2.38. The van der Waals surface area contributed by atoms with Crippen LogP contribution in [0.2, 0.25) is 0 Å². The highest BCUT2D eigenvalue weighted by molar-refractivity contribution is 5.92. The van der Waals surface area contributed by atoms with Crippen LogP contribution < -0.4 is 9.47 Å². The Morgan fingerprint density at radius 3 is 2.78 bits per heavy atom. The van der Waals surface area contributed by atoms with Crippen molar-refractivity contribution >= 4 is 10.8 Å². The molecule has 0 saturated heterocycles. The van der Waals surface area contributed by atoms with Gasteiger partial charge in [0.25, 0.3) is 0 Å². The third kappa shape index (κ3) is 1.90. The molecule has 1 aliphatic heterocycles. The van der Waals surface area contributed by atoms with Crippen molar-refractivity contribution in [3.05, 3.63) is 30.0 Å². The van der Waals surface area contributed by atoms with Crippen LogP contribution in [0, 0.1) is 0 Å². The molecule has 2 aromatic rings. The van der Waals surface area contributed by atoms with Crippen LogP contribution in [0.3, 0.4) is 0 Å². The SMILES string of the molecule is CC(C)Oc1nc2c(c3ccccc13)OCCC2. The molecule has 0 spiro atoms. The molecule has 0 N–H and O–H groups in total. The van der Waals surface area contributed by atoms with Gasteiger partial charge in [-0.3, -0.25) is 0 Å². The van der Waals surface area contributed by atoms with E-state index in [4.69, 9.17) is 9.47 Å². The number of pyridine rings is 1. The number of benzene rings is 1. The zero-order valence-corrected chi connectivity index (χ0v) is 10.8. The van der Waals surface area contributed by atoms with Gasteiger partial charge in [-0.05, 0) is 32.8 Å².